The number of fused-ring (bicyclic) bond motifs is 1. The summed E-state index contributed by atoms with van der Waals surface area (Å²) in [4.78, 5) is 20.7. The zero-order chi connectivity index (χ0) is 19.8. The summed E-state index contributed by atoms with van der Waals surface area (Å²) in [5.74, 6) is 1.73. The second kappa shape index (κ2) is 6.83. The smallest absolute Gasteiger partial charge is 0.247 e. The Labute approximate surface area is 166 Å². The number of aromatic nitrogens is 4. The van der Waals surface area contributed by atoms with Crippen molar-refractivity contribution in [3.05, 3.63) is 89.8 Å². The molecular weight excluding hydrogens is 364 g/mol. The van der Waals surface area contributed by atoms with E-state index in [0.29, 0.717) is 22.9 Å². The first-order chi connectivity index (χ1) is 14.2. The van der Waals surface area contributed by atoms with Crippen LogP contribution in [0.4, 0.5) is 0 Å². The SMILES string of the molecule is Cc1nnc(-c2ccc(-c3nc4cc(C(=O)c5ccccc5)ccc4[nH]3)cc2)o1. The molecule has 29 heavy (non-hydrogen) atoms. The van der Waals surface area contributed by atoms with Crippen molar-refractivity contribution in [3.63, 3.8) is 0 Å². The van der Waals surface area contributed by atoms with E-state index < -0.39 is 0 Å². The van der Waals surface area contributed by atoms with Crippen LogP contribution in [0.15, 0.2) is 77.2 Å². The van der Waals surface area contributed by atoms with Gasteiger partial charge in [-0.2, -0.15) is 0 Å². The molecule has 0 aliphatic carbocycles. The van der Waals surface area contributed by atoms with Crippen LogP contribution in [0.5, 0.6) is 0 Å². The number of ketones is 1. The Kier molecular flexibility index (Phi) is 4.02. The Morgan fingerprint density at radius 3 is 2.34 bits per heavy atom. The van der Waals surface area contributed by atoms with Gasteiger partial charge in [-0.05, 0) is 30.3 Å². The topological polar surface area (TPSA) is 84.7 Å². The van der Waals surface area contributed by atoms with Crippen molar-refractivity contribution in [2.45, 2.75) is 6.92 Å². The molecule has 5 aromatic rings. The van der Waals surface area contributed by atoms with Crippen molar-refractivity contribution in [2.75, 3.05) is 0 Å². The maximum atomic E-state index is 12.7. The lowest BCUT2D eigenvalue weighted by atomic mass is 10.0. The highest BCUT2D eigenvalue weighted by molar-refractivity contribution is 6.10. The number of imidazole rings is 1. The fraction of sp³-hybridized carbons (Fsp3) is 0.0435. The van der Waals surface area contributed by atoms with E-state index in [0.717, 1.165) is 28.0 Å². The monoisotopic (exact) mass is 380 g/mol. The molecule has 0 radical (unpaired) electrons. The number of benzene rings is 3. The molecule has 1 N–H and O–H groups in total. The number of aryl methyl sites for hydroxylation is 1. The van der Waals surface area contributed by atoms with Gasteiger partial charge in [0.25, 0.3) is 0 Å². The fourth-order valence-electron chi connectivity index (χ4n) is 3.22. The zero-order valence-corrected chi connectivity index (χ0v) is 15.6. The maximum Gasteiger partial charge on any atom is 0.247 e. The standard InChI is InChI=1S/C23H16N4O2/c1-14-26-27-23(29-14)17-9-7-16(8-10-17)22-24-19-12-11-18(13-20(19)25-22)21(28)15-5-3-2-4-6-15/h2-13H,1H3,(H,24,25). The van der Waals surface area contributed by atoms with E-state index in [2.05, 4.69) is 20.2 Å². The minimum atomic E-state index is -0.0174. The van der Waals surface area contributed by atoms with Crippen molar-refractivity contribution in [2.24, 2.45) is 0 Å². The molecule has 0 spiro atoms. The van der Waals surface area contributed by atoms with Crippen LogP contribution >= 0.6 is 0 Å². The molecule has 0 fully saturated rings. The summed E-state index contributed by atoms with van der Waals surface area (Å²) >= 11 is 0. The molecule has 0 aliphatic rings. The van der Waals surface area contributed by atoms with Gasteiger partial charge in [-0.1, -0.05) is 42.5 Å². The third kappa shape index (κ3) is 3.21. The minimum absolute atomic E-state index is 0.0174. The first-order valence-corrected chi connectivity index (χ1v) is 9.18. The highest BCUT2D eigenvalue weighted by Gasteiger charge is 2.12. The Morgan fingerprint density at radius 1 is 0.862 bits per heavy atom. The van der Waals surface area contributed by atoms with Crippen LogP contribution in [0.2, 0.25) is 0 Å². The summed E-state index contributed by atoms with van der Waals surface area (Å²) in [6.07, 6.45) is 0. The number of nitrogens with zero attached hydrogens (tertiary/aromatic N) is 3. The van der Waals surface area contributed by atoms with E-state index in [-0.39, 0.29) is 5.78 Å². The fourth-order valence-corrected chi connectivity index (χ4v) is 3.22. The summed E-state index contributed by atoms with van der Waals surface area (Å²) in [5, 5.41) is 7.89. The Bertz CT molecular complexity index is 1320. The van der Waals surface area contributed by atoms with Gasteiger partial charge in [0.2, 0.25) is 11.8 Å². The van der Waals surface area contributed by atoms with Gasteiger partial charge in [0.15, 0.2) is 5.78 Å². The molecule has 5 rings (SSSR count). The van der Waals surface area contributed by atoms with Gasteiger partial charge in [0.05, 0.1) is 11.0 Å². The number of carbonyl (C=O) groups excluding carboxylic acids is 1. The number of H-pyrrole nitrogens is 1. The first kappa shape index (κ1) is 17.1. The third-order valence-corrected chi connectivity index (χ3v) is 4.71. The van der Waals surface area contributed by atoms with Crippen molar-refractivity contribution < 1.29 is 9.21 Å². The van der Waals surface area contributed by atoms with Gasteiger partial charge < -0.3 is 9.40 Å². The lowest BCUT2D eigenvalue weighted by Gasteiger charge is -2.00. The largest absolute Gasteiger partial charge is 0.421 e. The number of carbonyl (C=O) groups is 1. The summed E-state index contributed by atoms with van der Waals surface area (Å²) in [6.45, 7) is 1.76. The summed E-state index contributed by atoms with van der Waals surface area (Å²) in [5.41, 5.74) is 4.68. The molecule has 2 heterocycles. The number of aromatic amines is 1. The van der Waals surface area contributed by atoms with Crippen LogP contribution in [0.1, 0.15) is 21.8 Å². The number of rotatable bonds is 4. The van der Waals surface area contributed by atoms with E-state index in [1.807, 2.05) is 72.8 Å². The second-order valence-electron chi connectivity index (χ2n) is 6.72. The summed E-state index contributed by atoms with van der Waals surface area (Å²) < 4.78 is 5.46. The van der Waals surface area contributed by atoms with E-state index in [4.69, 9.17) is 4.42 Å². The third-order valence-electron chi connectivity index (χ3n) is 4.71. The van der Waals surface area contributed by atoms with E-state index in [1.165, 1.54) is 0 Å². The van der Waals surface area contributed by atoms with E-state index in [1.54, 1.807) is 6.92 Å². The van der Waals surface area contributed by atoms with E-state index in [9.17, 15) is 4.79 Å². The molecule has 0 unspecified atom stereocenters. The lowest BCUT2D eigenvalue weighted by molar-refractivity contribution is 0.103. The Balaban J connectivity index is 1.46. The summed E-state index contributed by atoms with van der Waals surface area (Å²) in [7, 11) is 0. The maximum absolute atomic E-state index is 12.7. The van der Waals surface area contributed by atoms with Crippen LogP contribution < -0.4 is 0 Å². The first-order valence-electron chi connectivity index (χ1n) is 9.18. The summed E-state index contributed by atoms with van der Waals surface area (Å²) in [6, 6.07) is 22.5. The predicted molar refractivity (Wildman–Crippen MR) is 109 cm³/mol. The molecule has 0 saturated carbocycles. The molecule has 0 amide bonds. The highest BCUT2D eigenvalue weighted by Crippen LogP contribution is 2.25. The van der Waals surface area contributed by atoms with Crippen molar-refractivity contribution in [1.82, 2.24) is 20.2 Å². The van der Waals surface area contributed by atoms with Gasteiger partial charge in [0.1, 0.15) is 5.82 Å². The lowest BCUT2D eigenvalue weighted by Crippen LogP contribution is -2.00. The van der Waals surface area contributed by atoms with Gasteiger partial charge in [-0.15, -0.1) is 10.2 Å². The Hall–Kier alpha value is -4.06. The van der Waals surface area contributed by atoms with Gasteiger partial charge in [-0.25, -0.2) is 4.98 Å². The van der Waals surface area contributed by atoms with Crippen LogP contribution in [0, 0.1) is 6.92 Å². The van der Waals surface area contributed by atoms with Crippen LogP contribution in [-0.2, 0) is 0 Å². The molecule has 0 atom stereocenters. The quantitative estimate of drug-likeness (QED) is 0.452. The van der Waals surface area contributed by atoms with Crippen molar-refractivity contribution >= 4 is 16.8 Å². The van der Waals surface area contributed by atoms with Crippen molar-refractivity contribution in [1.29, 1.82) is 0 Å². The molecule has 6 heteroatoms. The molecule has 140 valence electrons. The zero-order valence-electron chi connectivity index (χ0n) is 15.6. The normalized spacial score (nSPS) is 11.1. The highest BCUT2D eigenvalue weighted by atomic mass is 16.4. The molecule has 0 aliphatic heterocycles. The molecule has 3 aromatic carbocycles. The second-order valence-corrected chi connectivity index (χ2v) is 6.72. The molecular formula is C23H16N4O2. The predicted octanol–water partition coefficient (Wildman–Crippen LogP) is 4.82. The molecule has 0 bridgehead atoms. The van der Waals surface area contributed by atoms with Crippen molar-refractivity contribution in [3.8, 4) is 22.8 Å². The molecule has 0 saturated heterocycles. The van der Waals surface area contributed by atoms with E-state index >= 15 is 0 Å². The van der Waals surface area contributed by atoms with Crippen LogP contribution in [0.25, 0.3) is 33.9 Å². The molecule has 2 aromatic heterocycles. The van der Waals surface area contributed by atoms with Crippen LogP contribution in [-0.4, -0.2) is 25.9 Å². The number of hydrogen-bond donors (Lipinski definition) is 1. The average molecular weight is 380 g/mol. The van der Waals surface area contributed by atoms with Gasteiger partial charge in [0, 0.05) is 29.2 Å². The van der Waals surface area contributed by atoms with Crippen LogP contribution in [0.3, 0.4) is 0 Å². The minimum Gasteiger partial charge on any atom is -0.421 e. The number of hydrogen-bond acceptors (Lipinski definition) is 5. The Morgan fingerprint density at radius 2 is 1.62 bits per heavy atom. The number of nitrogens with one attached hydrogen (secondary N) is 1. The van der Waals surface area contributed by atoms with Gasteiger partial charge in [-0.3, -0.25) is 4.79 Å². The van der Waals surface area contributed by atoms with Gasteiger partial charge >= 0.3 is 0 Å². The average Bonchev–Trinajstić information content (AvgIpc) is 3.39. The molecule has 6 nitrogen and oxygen atoms in total.